The van der Waals surface area contributed by atoms with Gasteiger partial charge in [-0.1, -0.05) is 60.7 Å². The lowest BCUT2D eigenvalue weighted by Gasteiger charge is -2.24. The van der Waals surface area contributed by atoms with Crippen molar-refractivity contribution in [3.63, 3.8) is 0 Å². The Morgan fingerprint density at radius 2 is 1.45 bits per heavy atom. The van der Waals surface area contributed by atoms with Crippen molar-refractivity contribution in [2.45, 2.75) is 44.3 Å². The number of hydrogen-bond acceptors (Lipinski definition) is 8. The van der Waals surface area contributed by atoms with Crippen molar-refractivity contribution in [1.82, 2.24) is 0 Å². The van der Waals surface area contributed by atoms with Gasteiger partial charge in [-0.15, -0.1) is 0 Å². The monoisotopic (exact) mass is 434 g/mol. The van der Waals surface area contributed by atoms with Gasteiger partial charge in [-0.25, -0.2) is 14.0 Å². The standard InChI is InChI=1S/C22H23FO8/c1-22(23)18(31-21(26)28-13-16-10-6-3-7-11-16)17(30-19(22)24)14-29-20(25)27-12-15-8-4-2-5-9-15/h2-11,17-19,24H,12-14H2,1H3/t17-,18-,19+,22-/m1/s1. The van der Waals surface area contributed by atoms with Crippen LogP contribution in [0.2, 0.25) is 0 Å². The molecule has 8 nitrogen and oxygen atoms in total. The molecule has 2 aromatic carbocycles. The van der Waals surface area contributed by atoms with Gasteiger partial charge in [0.2, 0.25) is 0 Å². The topological polar surface area (TPSA) is 101 Å². The minimum Gasteiger partial charge on any atom is -0.431 e. The van der Waals surface area contributed by atoms with Crippen LogP contribution in [-0.2, 0) is 36.9 Å². The maximum absolute atomic E-state index is 14.9. The highest BCUT2D eigenvalue weighted by molar-refractivity contribution is 5.61. The number of benzene rings is 2. The molecule has 1 heterocycles. The van der Waals surface area contributed by atoms with Crippen LogP contribution in [0.1, 0.15) is 18.1 Å². The van der Waals surface area contributed by atoms with Gasteiger partial charge < -0.3 is 28.8 Å². The summed E-state index contributed by atoms with van der Waals surface area (Å²) in [6.07, 6.45) is -6.86. The van der Waals surface area contributed by atoms with Crippen molar-refractivity contribution in [2.24, 2.45) is 0 Å². The van der Waals surface area contributed by atoms with E-state index in [1.54, 1.807) is 48.5 Å². The van der Waals surface area contributed by atoms with Crippen LogP contribution < -0.4 is 0 Å². The fraction of sp³-hybridized carbons (Fsp3) is 0.364. The third kappa shape index (κ3) is 6.16. The highest BCUT2D eigenvalue weighted by atomic mass is 19.1. The zero-order valence-corrected chi connectivity index (χ0v) is 16.8. The third-order valence-corrected chi connectivity index (χ3v) is 4.67. The van der Waals surface area contributed by atoms with E-state index in [-0.39, 0.29) is 13.2 Å². The molecule has 0 radical (unpaired) electrons. The summed E-state index contributed by atoms with van der Waals surface area (Å²) in [5, 5.41) is 9.83. The van der Waals surface area contributed by atoms with Gasteiger partial charge in [0.1, 0.15) is 25.9 Å². The Balaban J connectivity index is 1.50. The highest BCUT2D eigenvalue weighted by Gasteiger charge is 2.57. The number of rotatable bonds is 7. The number of carbonyl (C=O) groups is 2. The van der Waals surface area contributed by atoms with Crippen LogP contribution in [0.4, 0.5) is 14.0 Å². The third-order valence-electron chi connectivity index (χ3n) is 4.67. The second-order valence-corrected chi connectivity index (χ2v) is 7.08. The fourth-order valence-corrected chi connectivity index (χ4v) is 2.95. The molecule has 1 aliphatic heterocycles. The second kappa shape index (κ2) is 10.2. The largest absolute Gasteiger partial charge is 0.509 e. The molecule has 1 saturated heterocycles. The van der Waals surface area contributed by atoms with E-state index in [0.29, 0.717) is 5.56 Å². The van der Waals surface area contributed by atoms with Crippen molar-refractivity contribution in [2.75, 3.05) is 6.61 Å². The summed E-state index contributed by atoms with van der Waals surface area (Å²) < 4.78 is 39.9. The van der Waals surface area contributed by atoms with Crippen molar-refractivity contribution in [3.8, 4) is 0 Å². The zero-order chi connectivity index (χ0) is 22.3. The number of halogens is 1. The fourth-order valence-electron chi connectivity index (χ4n) is 2.95. The van der Waals surface area contributed by atoms with Gasteiger partial charge in [0.25, 0.3) is 0 Å². The summed E-state index contributed by atoms with van der Waals surface area (Å²) >= 11 is 0. The summed E-state index contributed by atoms with van der Waals surface area (Å²) in [6.45, 7) is 0.424. The SMILES string of the molecule is C[C@@]1(F)[C@H](OC(=O)OCc2ccccc2)[C@@H](COC(=O)OCc2ccccc2)O[C@@H]1O. The predicted molar refractivity (Wildman–Crippen MR) is 104 cm³/mol. The molecule has 2 aromatic rings. The number of ether oxygens (including phenoxy) is 5. The lowest BCUT2D eigenvalue weighted by Crippen LogP contribution is -2.45. The number of hydrogen-bond donors (Lipinski definition) is 1. The molecule has 9 heteroatoms. The summed E-state index contributed by atoms with van der Waals surface area (Å²) in [7, 11) is 0. The van der Waals surface area contributed by atoms with Gasteiger partial charge in [0, 0.05) is 0 Å². The molecule has 0 amide bonds. The normalized spacial score (nSPS) is 24.9. The summed E-state index contributed by atoms with van der Waals surface area (Å²) in [5.74, 6) is 0. The van der Waals surface area contributed by atoms with E-state index >= 15 is 0 Å². The van der Waals surface area contributed by atoms with Gasteiger partial charge >= 0.3 is 12.3 Å². The molecular formula is C22H23FO8. The van der Waals surface area contributed by atoms with Crippen LogP contribution in [0.25, 0.3) is 0 Å². The van der Waals surface area contributed by atoms with Gasteiger partial charge in [-0.05, 0) is 18.1 Å². The molecule has 3 rings (SSSR count). The van der Waals surface area contributed by atoms with Crippen LogP contribution in [-0.4, -0.2) is 48.2 Å². The lowest BCUT2D eigenvalue weighted by atomic mass is 10.00. The van der Waals surface area contributed by atoms with Crippen LogP contribution in [0.5, 0.6) is 0 Å². The van der Waals surface area contributed by atoms with E-state index in [0.717, 1.165) is 12.5 Å². The molecule has 166 valence electrons. The molecule has 0 bridgehead atoms. The first kappa shape index (κ1) is 22.5. The van der Waals surface area contributed by atoms with Gasteiger partial charge in [0.15, 0.2) is 18.1 Å². The van der Waals surface area contributed by atoms with Crippen LogP contribution in [0, 0.1) is 0 Å². The second-order valence-electron chi connectivity index (χ2n) is 7.08. The van der Waals surface area contributed by atoms with Crippen molar-refractivity contribution < 1.29 is 42.8 Å². The summed E-state index contributed by atoms with van der Waals surface area (Å²) in [6, 6.07) is 17.8. The average molecular weight is 434 g/mol. The molecule has 1 fully saturated rings. The Hall–Kier alpha value is -3.17. The van der Waals surface area contributed by atoms with Crippen LogP contribution >= 0.6 is 0 Å². The maximum Gasteiger partial charge on any atom is 0.509 e. The maximum atomic E-state index is 14.9. The Bertz CT molecular complexity index is 858. The molecule has 1 aliphatic rings. The van der Waals surface area contributed by atoms with Crippen LogP contribution in [0.3, 0.4) is 0 Å². The van der Waals surface area contributed by atoms with E-state index in [4.69, 9.17) is 23.7 Å². The minimum absolute atomic E-state index is 0.0135. The number of carbonyl (C=O) groups excluding carboxylic acids is 2. The molecule has 0 aliphatic carbocycles. The first-order chi connectivity index (χ1) is 14.9. The molecule has 0 aromatic heterocycles. The van der Waals surface area contributed by atoms with Crippen molar-refractivity contribution >= 4 is 12.3 Å². The first-order valence-electron chi connectivity index (χ1n) is 9.59. The van der Waals surface area contributed by atoms with E-state index in [1.807, 2.05) is 12.1 Å². The number of aliphatic hydroxyl groups is 1. The smallest absolute Gasteiger partial charge is 0.431 e. The zero-order valence-electron chi connectivity index (χ0n) is 16.8. The first-order valence-corrected chi connectivity index (χ1v) is 9.59. The summed E-state index contributed by atoms with van der Waals surface area (Å²) in [5.41, 5.74) is -0.967. The highest BCUT2D eigenvalue weighted by Crippen LogP contribution is 2.36. The molecular weight excluding hydrogens is 411 g/mol. The Morgan fingerprint density at radius 3 is 2.00 bits per heavy atom. The average Bonchev–Trinajstić information content (AvgIpc) is 2.99. The van der Waals surface area contributed by atoms with Crippen LogP contribution in [0.15, 0.2) is 60.7 Å². The predicted octanol–water partition coefficient (Wildman–Crippen LogP) is 3.51. The van der Waals surface area contributed by atoms with Gasteiger partial charge in [0.05, 0.1) is 0 Å². The van der Waals surface area contributed by atoms with Crippen molar-refractivity contribution in [1.29, 1.82) is 0 Å². The molecule has 0 saturated carbocycles. The number of aliphatic hydroxyl groups excluding tert-OH is 1. The quantitative estimate of drug-likeness (QED) is 0.661. The lowest BCUT2D eigenvalue weighted by molar-refractivity contribution is -0.145. The molecule has 4 atom stereocenters. The Labute approximate surface area is 178 Å². The Morgan fingerprint density at radius 1 is 0.935 bits per heavy atom. The van der Waals surface area contributed by atoms with E-state index in [9.17, 15) is 19.1 Å². The molecule has 0 unspecified atom stereocenters. The molecule has 31 heavy (non-hydrogen) atoms. The Kier molecular flexibility index (Phi) is 7.43. The van der Waals surface area contributed by atoms with E-state index < -0.39 is 43.1 Å². The van der Waals surface area contributed by atoms with E-state index in [2.05, 4.69) is 0 Å². The van der Waals surface area contributed by atoms with E-state index in [1.165, 1.54) is 0 Å². The van der Waals surface area contributed by atoms with Gasteiger partial charge in [-0.3, -0.25) is 0 Å². The minimum atomic E-state index is -2.44. The number of alkyl halides is 1. The van der Waals surface area contributed by atoms with Gasteiger partial charge in [-0.2, -0.15) is 0 Å². The molecule has 1 N–H and O–H groups in total. The summed E-state index contributed by atoms with van der Waals surface area (Å²) in [4.78, 5) is 23.8. The molecule has 0 spiro atoms. The van der Waals surface area contributed by atoms with Crippen molar-refractivity contribution in [3.05, 3.63) is 71.8 Å².